The quantitative estimate of drug-likeness (QED) is 0.547. The smallest absolute Gasteiger partial charge is 0.328 e. The molecule has 154 valence electrons. The normalized spacial score (nSPS) is 10.5. The molecule has 2 amide bonds. The summed E-state index contributed by atoms with van der Waals surface area (Å²) in [5.74, 6) is -2.61. The second-order valence-electron chi connectivity index (χ2n) is 7.07. The minimum atomic E-state index is -0.942. The first kappa shape index (κ1) is 20.9. The van der Waals surface area contributed by atoms with E-state index in [0.717, 1.165) is 16.7 Å². The number of aryl methyl sites for hydroxylation is 3. The van der Waals surface area contributed by atoms with Crippen molar-refractivity contribution in [3.8, 4) is 11.3 Å². The second-order valence-corrected chi connectivity index (χ2v) is 7.07. The number of carboxylic acids is 1. The van der Waals surface area contributed by atoms with Crippen LogP contribution in [0.15, 0.2) is 60.7 Å². The molecule has 3 N–H and O–H groups in total. The lowest BCUT2D eigenvalue weighted by Crippen LogP contribution is -2.35. The number of aliphatic carboxylic acids is 1. The molecule has 0 spiro atoms. The number of amides is 2. The van der Waals surface area contributed by atoms with E-state index in [1.54, 1.807) is 24.3 Å². The number of carbonyl (C=O) groups is 3. The lowest BCUT2D eigenvalue weighted by Gasteiger charge is -2.15. The molecule has 2 aromatic carbocycles. The van der Waals surface area contributed by atoms with Crippen molar-refractivity contribution in [2.75, 3.05) is 10.7 Å². The van der Waals surface area contributed by atoms with Crippen LogP contribution in [0.4, 0.5) is 5.69 Å². The molecule has 0 saturated heterocycles. The van der Waals surface area contributed by atoms with Gasteiger partial charge < -0.3 is 10.4 Å². The Morgan fingerprint density at radius 1 is 0.833 bits per heavy atom. The summed E-state index contributed by atoms with van der Waals surface area (Å²) in [5.41, 5.74) is 7.32. The predicted octanol–water partition coefficient (Wildman–Crippen LogP) is 3.50. The molecule has 0 atom stereocenters. The van der Waals surface area contributed by atoms with Crippen LogP contribution in [0, 0.1) is 13.8 Å². The Balaban J connectivity index is 1.84. The largest absolute Gasteiger partial charge is 0.481 e. The number of rotatable bonds is 6. The lowest BCUT2D eigenvalue weighted by atomic mass is 10.1. The lowest BCUT2D eigenvalue weighted by molar-refractivity contribution is -0.137. The first-order valence-corrected chi connectivity index (χ1v) is 9.52. The molecule has 0 unspecified atom stereocenters. The highest BCUT2D eigenvalue weighted by atomic mass is 16.4. The molecular formula is C23H23N3O4. The van der Waals surface area contributed by atoms with Gasteiger partial charge in [-0.2, -0.15) is 0 Å². The van der Waals surface area contributed by atoms with Crippen LogP contribution in [-0.4, -0.2) is 27.6 Å². The summed E-state index contributed by atoms with van der Waals surface area (Å²) in [4.78, 5) is 35.9. The number of carboxylic acid groups (broad SMARTS) is 1. The highest BCUT2D eigenvalue weighted by Gasteiger charge is 2.18. The topological polar surface area (TPSA) is 100 Å². The molecule has 0 aliphatic carbocycles. The van der Waals surface area contributed by atoms with Gasteiger partial charge in [-0.1, -0.05) is 47.5 Å². The third-order valence-electron chi connectivity index (χ3n) is 4.63. The monoisotopic (exact) mass is 405 g/mol. The van der Waals surface area contributed by atoms with Gasteiger partial charge in [0, 0.05) is 23.4 Å². The van der Waals surface area contributed by atoms with Crippen LogP contribution in [0.5, 0.6) is 0 Å². The second kappa shape index (κ2) is 9.09. The van der Waals surface area contributed by atoms with Gasteiger partial charge in [0.15, 0.2) is 0 Å². The van der Waals surface area contributed by atoms with Crippen molar-refractivity contribution in [2.45, 2.75) is 26.7 Å². The van der Waals surface area contributed by atoms with Crippen molar-refractivity contribution < 1.29 is 19.5 Å². The number of hydrogen-bond donors (Lipinski definition) is 3. The van der Waals surface area contributed by atoms with E-state index in [1.807, 2.05) is 50.2 Å². The Morgan fingerprint density at radius 2 is 1.43 bits per heavy atom. The van der Waals surface area contributed by atoms with Gasteiger partial charge in [0.1, 0.15) is 0 Å². The van der Waals surface area contributed by atoms with Gasteiger partial charge in [-0.15, -0.1) is 0 Å². The van der Waals surface area contributed by atoms with Gasteiger partial charge in [-0.05, 0) is 38.1 Å². The molecule has 1 heterocycles. The molecule has 0 aliphatic rings. The third-order valence-corrected chi connectivity index (χ3v) is 4.63. The number of carbonyl (C=O) groups excluding carboxylic acids is 2. The highest BCUT2D eigenvalue weighted by molar-refractivity contribution is 6.42. The minimum absolute atomic E-state index is 0.0945. The van der Waals surface area contributed by atoms with E-state index in [2.05, 4.69) is 10.7 Å². The van der Waals surface area contributed by atoms with Crippen LogP contribution in [0.1, 0.15) is 23.2 Å². The standard InChI is InChI=1S/C23H23N3O4/c1-15-3-7-17(8-4-15)20-13-11-19(12-14-21(27)28)26(20)25-23(30)22(29)24-18-9-5-16(2)6-10-18/h3-11,13H,12,14H2,1-2H3,(H,24,29)(H,25,30)(H,27,28). The van der Waals surface area contributed by atoms with Crippen molar-refractivity contribution in [1.29, 1.82) is 0 Å². The zero-order valence-electron chi connectivity index (χ0n) is 16.8. The maximum absolute atomic E-state index is 12.5. The van der Waals surface area contributed by atoms with Gasteiger partial charge in [0.05, 0.1) is 12.1 Å². The molecule has 0 radical (unpaired) electrons. The Morgan fingerprint density at radius 3 is 2.03 bits per heavy atom. The van der Waals surface area contributed by atoms with Crippen molar-refractivity contribution in [3.05, 3.63) is 77.5 Å². The van der Waals surface area contributed by atoms with Gasteiger partial charge in [0.2, 0.25) is 0 Å². The SMILES string of the molecule is Cc1ccc(NC(=O)C(=O)Nn2c(CCC(=O)O)ccc2-c2ccc(C)cc2)cc1. The number of aromatic nitrogens is 1. The summed E-state index contributed by atoms with van der Waals surface area (Å²) in [7, 11) is 0. The molecule has 3 rings (SSSR count). The van der Waals surface area contributed by atoms with Gasteiger partial charge in [-0.3, -0.25) is 24.5 Å². The van der Waals surface area contributed by atoms with E-state index in [0.29, 0.717) is 17.1 Å². The van der Waals surface area contributed by atoms with Crippen molar-refractivity contribution in [1.82, 2.24) is 4.68 Å². The average Bonchev–Trinajstić information content (AvgIpc) is 3.11. The minimum Gasteiger partial charge on any atom is -0.481 e. The van der Waals surface area contributed by atoms with E-state index >= 15 is 0 Å². The molecule has 7 nitrogen and oxygen atoms in total. The Kier molecular flexibility index (Phi) is 6.32. The fraction of sp³-hybridized carbons (Fsp3) is 0.174. The maximum Gasteiger partial charge on any atom is 0.328 e. The molecule has 0 saturated carbocycles. The molecule has 0 fully saturated rings. The molecular weight excluding hydrogens is 382 g/mol. The van der Waals surface area contributed by atoms with E-state index in [9.17, 15) is 14.4 Å². The Hall–Kier alpha value is -3.87. The summed E-state index contributed by atoms with van der Waals surface area (Å²) < 4.78 is 1.48. The van der Waals surface area contributed by atoms with Crippen LogP contribution in [0.25, 0.3) is 11.3 Å². The van der Waals surface area contributed by atoms with Crippen LogP contribution < -0.4 is 10.7 Å². The van der Waals surface area contributed by atoms with E-state index in [-0.39, 0.29) is 12.8 Å². The number of nitrogens with zero attached hydrogens (tertiary/aromatic N) is 1. The molecule has 0 aliphatic heterocycles. The number of hydrogen-bond acceptors (Lipinski definition) is 3. The maximum atomic E-state index is 12.5. The Bertz CT molecular complexity index is 1070. The first-order valence-electron chi connectivity index (χ1n) is 9.52. The third kappa shape index (κ3) is 5.14. The summed E-state index contributed by atoms with van der Waals surface area (Å²) in [5, 5.41) is 11.6. The Labute approximate surface area is 174 Å². The van der Waals surface area contributed by atoms with Crippen LogP contribution >= 0.6 is 0 Å². The van der Waals surface area contributed by atoms with Crippen molar-refractivity contribution in [2.24, 2.45) is 0 Å². The van der Waals surface area contributed by atoms with E-state index < -0.39 is 17.8 Å². The van der Waals surface area contributed by atoms with E-state index in [4.69, 9.17) is 5.11 Å². The zero-order valence-corrected chi connectivity index (χ0v) is 16.8. The molecule has 1 aromatic heterocycles. The summed E-state index contributed by atoms with van der Waals surface area (Å²) in [6.45, 7) is 3.90. The van der Waals surface area contributed by atoms with Crippen LogP contribution in [0.3, 0.4) is 0 Å². The fourth-order valence-electron chi connectivity index (χ4n) is 2.97. The number of nitrogens with one attached hydrogen (secondary N) is 2. The van der Waals surface area contributed by atoms with Gasteiger partial charge >= 0.3 is 17.8 Å². The summed E-state index contributed by atoms with van der Waals surface area (Å²) >= 11 is 0. The van der Waals surface area contributed by atoms with Gasteiger partial charge in [-0.25, -0.2) is 0 Å². The summed E-state index contributed by atoms with van der Waals surface area (Å²) in [6.07, 6.45) is 0.115. The number of benzene rings is 2. The molecule has 3 aromatic rings. The number of anilines is 1. The molecule has 7 heteroatoms. The fourth-order valence-corrected chi connectivity index (χ4v) is 2.97. The first-order chi connectivity index (χ1) is 14.3. The highest BCUT2D eigenvalue weighted by Crippen LogP contribution is 2.23. The van der Waals surface area contributed by atoms with Crippen molar-refractivity contribution >= 4 is 23.5 Å². The van der Waals surface area contributed by atoms with Crippen molar-refractivity contribution in [3.63, 3.8) is 0 Å². The van der Waals surface area contributed by atoms with Gasteiger partial charge in [0.25, 0.3) is 0 Å². The summed E-state index contributed by atoms with van der Waals surface area (Å²) in [6, 6.07) is 18.3. The average molecular weight is 405 g/mol. The zero-order chi connectivity index (χ0) is 21.7. The van der Waals surface area contributed by atoms with Crippen LogP contribution in [-0.2, 0) is 20.8 Å². The van der Waals surface area contributed by atoms with Crippen LogP contribution in [0.2, 0.25) is 0 Å². The molecule has 0 bridgehead atoms. The van der Waals surface area contributed by atoms with E-state index in [1.165, 1.54) is 4.68 Å². The molecule has 30 heavy (non-hydrogen) atoms. The predicted molar refractivity (Wildman–Crippen MR) is 115 cm³/mol.